The van der Waals surface area contributed by atoms with Gasteiger partial charge in [0.1, 0.15) is 12.0 Å². The summed E-state index contributed by atoms with van der Waals surface area (Å²) >= 11 is 0. The van der Waals surface area contributed by atoms with Crippen LogP contribution in [0.25, 0.3) is 0 Å². The molecule has 2 aromatic rings. The molecule has 0 radical (unpaired) electrons. The van der Waals surface area contributed by atoms with Gasteiger partial charge in [-0.1, -0.05) is 32.0 Å². The number of piperidine rings is 1. The minimum atomic E-state index is -0.942. The zero-order valence-electron chi connectivity index (χ0n) is 18.0. The largest absolute Gasteiger partial charge is 0.494 e. The fraction of sp³-hybridized carbons (Fsp3) is 0.636. The van der Waals surface area contributed by atoms with Crippen molar-refractivity contribution in [1.29, 1.82) is 0 Å². The summed E-state index contributed by atoms with van der Waals surface area (Å²) in [5, 5.41) is 13.6. The fourth-order valence-corrected chi connectivity index (χ4v) is 3.69. The molecule has 0 spiro atoms. The average molecular weight is 403 g/mol. The molecule has 2 heterocycles. The van der Waals surface area contributed by atoms with Gasteiger partial charge in [0.15, 0.2) is 5.82 Å². The number of benzene rings is 1. The summed E-state index contributed by atoms with van der Waals surface area (Å²) in [5.41, 5.74) is 7.12. The van der Waals surface area contributed by atoms with Gasteiger partial charge in [-0.15, -0.1) is 0 Å². The highest BCUT2D eigenvalue weighted by molar-refractivity contribution is 5.35. The Labute approximate surface area is 173 Å². The van der Waals surface area contributed by atoms with Gasteiger partial charge in [0.05, 0.1) is 6.61 Å². The lowest BCUT2D eigenvalue weighted by Crippen LogP contribution is -2.34. The van der Waals surface area contributed by atoms with Crippen LogP contribution in [-0.4, -0.2) is 34.9 Å². The second kappa shape index (κ2) is 9.13. The molecule has 0 aliphatic carbocycles. The summed E-state index contributed by atoms with van der Waals surface area (Å²) in [6.45, 7) is 10.8. The van der Waals surface area contributed by atoms with E-state index < -0.39 is 6.23 Å². The van der Waals surface area contributed by atoms with E-state index in [1.54, 1.807) is 0 Å². The normalized spacial score (nSPS) is 16.8. The minimum Gasteiger partial charge on any atom is -0.494 e. The molecule has 1 saturated heterocycles. The van der Waals surface area contributed by atoms with E-state index in [1.165, 1.54) is 0 Å². The molecule has 7 nitrogen and oxygen atoms in total. The predicted molar refractivity (Wildman–Crippen MR) is 113 cm³/mol. The van der Waals surface area contributed by atoms with E-state index in [2.05, 4.69) is 35.8 Å². The van der Waals surface area contributed by atoms with Crippen LogP contribution in [0.5, 0.6) is 5.75 Å². The molecule has 1 atom stereocenters. The Morgan fingerprint density at radius 2 is 2.03 bits per heavy atom. The molecule has 1 unspecified atom stereocenters. The molecule has 3 N–H and O–H groups in total. The highest BCUT2D eigenvalue weighted by Crippen LogP contribution is 2.27. The Morgan fingerprint density at radius 1 is 1.31 bits per heavy atom. The van der Waals surface area contributed by atoms with Crippen LogP contribution < -0.4 is 15.4 Å². The van der Waals surface area contributed by atoms with E-state index in [0.29, 0.717) is 18.5 Å². The number of hydrogen-bond acceptors (Lipinski definition) is 7. The Hall–Kier alpha value is -2.12. The quantitative estimate of drug-likeness (QED) is 0.538. The number of aliphatic hydroxyl groups excluding tert-OH is 1. The van der Waals surface area contributed by atoms with Crippen molar-refractivity contribution in [1.82, 2.24) is 10.1 Å². The van der Waals surface area contributed by atoms with E-state index in [-0.39, 0.29) is 5.41 Å². The molecule has 3 rings (SSSR count). The standard InChI is InChI=1S/C22H34N4O3/c1-15-14-17(7-8-18(15)19(23)27)28-13-5-6-16-9-11-26(12-10-16)21-24-20(25-29-21)22(2,3)4/h7-8,14,16,19,27H,5-6,9-13,23H2,1-4H3. The first-order chi connectivity index (χ1) is 13.7. The summed E-state index contributed by atoms with van der Waals surface area (Å²) < 4.78 is 11.3. The fourth-order valence-electron chi connectivity index (χ4n) is 3.69. The van der Waals surface area contributed by atoms with E-state index >= 15 is 0 Å². The SMILES string of the molecule is Cc1cc(OCCCC2CCN(c3nc(C(C)(C)C)no3)CC2)ccc1C(N)O. The van der Waals surface area contributed by atoms with Gasteiger partial charge in [-0.2, -0.15) is 4.98 Å². The summed E-state index contributed by atoms with van der Waals surface area (Å²) in [6.07, 6.45) is 3.51. The number of aliphatic hydroxyl groups is 1. The van der Waals surface area contributed by atoms with Crippen LogP contribution in [0.3, 0.4) is 0 Å². The minimum absolute atomic E-state index is 0.0942. The van der Waals surface area contributed by atoms with Crippen LogP contribution in [0.2, 0.25) is 0 Å². The molecule has 1 aromatic heterocycles. The van der Waals surface area contributed by atoms with Crippen molar-refractivity contribution in [2.75, 3.05) is 24.6 Å². The van der Waals surface area contributed by atoms with Crippen LogP contribution in [0.1, 0.15) is 69.6 Å². The van der Waals surface area contributed by atoms with E-state index in [0.717, 1.165) is 61.5 Å². The monoisotopic (exact) mass is 402 g/mol. The maximum Gasteiger partial charge on any atom is 0.324 e. The lowest BCUT2D eigenvalue weighted by Gasteiger charge is -2.30. The number of nitrogens with two attached hydrogens (primary N) is 1. The van der Waals surface area contributed by atoms with Gasteiger partial charge in [-0.05, 0) is 61.8 Å². The number of rotatable bonds is 7. The highest BCUT2D eigenvalue weighted by atomic mass is 16.5. The Bertz CT molecular complexity index is 790. The Morgan fingerprint density at radius 3 is 2.62 bits per heavy atom. The summed E-state index contributed by atoms with van der Waals surface area (Å²) in [5.74, 6) is 2.29. The van der Waals surface area contributed by atoms with Gasteiger partial charge in [-0.3, -0.25) is 0 Å². The number of aryl methyl sites for hydroxylation is 1. The Balaban J connectivity index is 1.38. The summed E-state index contributed by atoms with van der Waals surface area (Å²) in [6, 6.07) is 6.28. The zero-order chi connectivity index (χ0) is 21.0. The first-order valence-corrected chi connectivity index (χ1v) is 10.5. The van der Waals surface area contributed by atoms with Crippen molar-refractivity contribution in [3.05, 3.63) is 35.2 Å². The van der Waals surface area contributed by atoms with Crippen LogP contribution in [0.15, 0.2) is 22.7 Å². The molecule has 29 heavy (non-hydrogen) atoms. The summed E-state index contributed by atoms with van der Waals surface area (Å²) in [4.78, 5) is 6.77. The van der Waals surface area contributed by atoms with Gasteiger partial charge in [-0.25, -0.2) is 0 Å². The lowest BCUT2D eigenvalue weighted by atomic mass is 9.92. The smallest absolute Gasteiger partial charge is 0.324 e. The third kappa shape index (κ3) is 5.70. The first-order valence-electron chi connectivity index (χ1n) is 10.5. The molecule has 1 aliphatic heterocycles. The number of hydrogen-bond donors (Lipinski definition) is 2. The number of ether oxygens (including phenoxy) is 1. The molecule has 1 aliphatic rings. The maximum atomic E-state index is 9.50. The molecular formula is C22H34N4O3. The third-order valence-corrected chi connectivity index (χ3v) is 5.56. The van der Waals surface area contributed by atoms with Crippen LogP contribution >= 0.6 is 0 Å². The molecule has 160 valence electrons. The van der Waals surface area contributed by atoms with Crippen molar-refractivity contribution in [3.63, 3.8) is 0 Å². The molecule has 0 bridgehead atoms. The van der Waals surface area contributed by atoms with E-state index in [1.807, 2.05) is 25.1 Å². The Kier molecular flexibility index (Phi) is 6.80. The zero-order valence-corrected chi connectivity index (χ0v) is 18.0. The van der Waals surface area contributed by atoms with Gasteiger partial charge < -0.3 is 25.0 Å². The summed E-state index contributed by atoms with van der Waals surface area (Å²) in [7, 11) is 0. The van der Waals surface area contributed by atoms with Crippen molar-refractivity contribution >= 4 is 6.01 Å². The second-order valence-electron chi connectivity index (χ2n) is 9.03. The van der Waals surface area contributed by atoms with Crippen LogP contribution in [0.4, 0.5) is 6.01 Å². The van der Waals surface area contributed by atoms with Gasteiger partial charge >= 0.3 is 6.01 Å². The van der Waals surface area contributed by atoms with Gasteiger partial charge in [0.25, 0.3) is 0 Å². The maximum absolute atomic E-state index is 9.50. The molecule has 0 saturated carbocycles. The first kappa shape index (κ1) is 21.6. The van der Waals surface area contributed by atoms with Crippen molar-refractivity contribution in [2.45, 2.75) is 65.0 Å². The number of anilines is 1. The van der Waals surface area contributed by atoms with E-state index in [9.17, 15) is 5.11 Å². The van der Waals surface area contributed by atoms with Crippen LogP contribution in [0, 0.1) is 12.8 Å². The molecule has 1 fully saturated rings. The third-order valence-electron chi connectivity index (χ3n) is 5.56. The topological polar surface area (TPSA) is 97.6 Å². The lowest BCUT2D eigenvalue weighted by molar-refractivity contribution is 0.185. The van der Waals surface area contributed by atoms with Crippen LogP contribution in [-0.2, 0) is 5.41 Å². The molecule has 1 aromatic carbocycles. The average Bonchev–Trinajstić information content (AvgIpc) is 3.16. The van der Waals surface area contributed by atoms with Crippen molar-refractivity contribution in [2.24, 2.45) is 11.7 Å². The van der Waals surface area contributed by atoms with E-state index in [4.69, 9.17) is 15.0 Å². The molecule has 7 heteroatoms. The number of aromatic nitrogens is 2. The number of nitrogens with zero attached hydrogens (tertiary/aromatic N) is 3. The van der Waals surface area contributed by atoms with Crippen molar-refractivity contribution < 1.29 is 14.4 Å². The molecule has 0 amide bonds. The predicted octanol–water partition coefficient (Wildman–Crippen LogP) is 3.70. The van der Waals surface area contributed by atoms with Gasteiger partial charge in [0.2, 0.25) is 0 Å². The van der Waals surface area contributed by atoms with Gasteiger partial charge in [0, 0.05) is 18.5 Å². The highest BCUT2D eigenvalue weighted by Gasteiger charge is 2.26. The molecular weight excluding hydrogens is 368 g/mol. The second-order valence-corrected chi connectivity index (χ2v) is 9.03. The van der Waals surface area contributed by atoms with Crippen molar-refractivity contribution in [3.8, 4) is 5.75 Å².